The Bertz CT molecular complexity index is 799. The minimum absolute atomic E-state index is 0.0773. The molecule has 156 valence electrons. The number of ether oxygens (including phenoxy) is 1. The van der Waals surface area contributed by atoms with Crippen molar-refractivity contribution in [3.63, 3.8) is 0 Å². The molecule has 1 aromatic carbocycles. The third kappa shape index (κ3) is 5.30. The van der Waals surface area contributed by atoms with E-state index in [9.17, 15) is 4.79 Å². The second-order valence-electron chi connectivity index (χ2n) is 7.64. The fraction of sp³-hybridized carbons (Fsp3) is 0.571. The van der Waals surface area contributed by atoms with Gasteiger partial charge in [-0.2, -0.15) is 0 Å². The highest BCUT2D eigenvalue weighted by molar-refractivity contribution is 8.00. The van der Waals surface area contributed by atoms with E-state index in [1.54, 1.807) is 0 Å². The molecule has 2 heterocycles. The van der Waals surface area contributed by atoms with Gasteiger partial charge >= 0.3 is 0 Å². The number of carbonyl (C=O) groups is 1. The lowest BCUT2D eigenvalue weighted by Gasteiger charge is -2.28. The highest BCUT2D eigenvalue weighted by Gasteiger charge is 2.23. The van der Waals surface area contributed by atoms with Gasteiger partial charge in [-0.3, -0.25) is 4.79 Å². The van der Waals surface area contributed by atoms with E-state index in [2.05, 4.69) is 20.4 Å². The summed E-state index contributed by atoms with van der Waals surface area (Å²) in [5.74, 6) is 1.02. The van der Waals surface area contributed by atoms with Crippen molar-refractivity contribution in [2.45, 2.75) is 55.4 Å². The maximum absolute atomic E-state index is 12.6. The summed E-state index contributed by atoms with van der Waals surface area (Å²) in [6, 6.07) is 7.95. The normalized spacial score (nSPS) is 19.1. The molecule has 1 N–H and O–H groups in total. The van der Waals surface area contributed by atoms with E-state index in [4.69, 9.17) is 9.15 Å². The first-order valence-electron chi connectivity index (χ1n) is 10.4. The van der Waals surface area contributed by atoms with Gasteiger partial charge in [-0.15, -0.1) is 10.2 Å². The Hall–Kier alpha value is -2.06. The van der Waals surface area contributed by atoms with Crippen LogP contribution in [0.25, 0.3) is 0 Å². The van der Waals surface area contributed by atoms with Gasteiger partial charge in [0.2, 0.25) is 11.8 Å². The van der Waals surface area contributed by atoms with E-state index in [1.165, 1.54) is 31.0 Å². The number of nitrogens with zero attached hydrogens (tertiary/aromatic N) is 3. The summed E-state index contributed by atoms with van der Waals surface area (Å²) in [5, 5.41) is 11.5. The molecule has 0 bridgehead atoms. The van der Waals surface area contributed by atoms with Crippen LogP contribution in [0.1, 0.15) is 50.8 Å². The SMILES string of the molecule is C[C@H](Sc1nnc(C2CCCCC2)o1)C(=O)Nc1ccc(N2CCOCC2)cc1. The van der Waals surface area contributed by atoms with Crippen molar-refractivity contribution in [1.82, 2.24) is 10.2 Å². The molecule has 2 fully saturated rings. The van der Waals surface area contributed by atoms with Crippen LogP contribution in [-0.4, -0.2) is 47.7 Å². The fourth-order valence-corrected chi connectivity index (χ4v) is 4.50. The predicted octanol–water partition coefficient (Wildman–Crippen LogP) is 4.07. The zero-order chi connectivity index (χ0) is 20.1. The standard InChI is InChI=1S/C21H28N4O3S/c1-15(29-21-24-23-20(28-21)16-5-3-2-4-6-16)19(26)22-17-7-9-18(10-8-17)25-11-13-27-14-12-25/h7-10,15-16H,2-6,11-14H2,1H3,(H,22,26)/t15-/m0/s1. The molecule has 1 saturated heterocycles. The lowest BCUT2D eigenvalue weighted by Crippen LogP contribution is -2.36. The molecule has 1 aliphatic heterocycles. The zero-order valence-corrected chi connectivity index (χ0v) is 17.6. The van der Waals surface area contributed by atoms with Crippen LogP contribution in [0.3, 0.4) is 0 Å². The van der Waals surface area contributed by atoms with Crippen LogP contribution in [0.15, 0.2) is 33.9 Å². The first kappa shape index (κ1) is 20.2. The Morgan fingerprint density at radius 2 is 1.86 bits per heavy atom. The van der Waals surface area contributed by atoms with Gasteiger partial charge in [0.1, 0.15) is 0 Å². The summed E-state index contributed by atoms with van der Waals surface area (Å²) in [5.41, 5.74) is 1.93. The summed E-state index contributed by atoms with van der Waals surface area (Å²) in [6.45, 7) is 5.15. The highest BCUT2D eigenvalue weighted by Crippen LogP contribution is 2.33. The Balaban J connectivity index is 1.29. The van der Waals surface area contributed by atoms with Gasteiger partial charge in [0.05, 0.1) is 18.5 Å². The number of hydrogen-bond donors (Lipinski definition) is 1. The van der Waals surface area contributed by atoms with Gasteiger partial charge in [0, 0.05) is 30.4 Å². The summed E-state index contributed by atoms with van der Waals surface area (Å²) in [4.78, 5) is 14.8. The summed E-state index contributed by atoms with van der Waals surface area (Å²) < 4.78 is 11.2. The first-order valence-corrected chi connectivity index (χ1v) is 11.3. The summed E-state index contributed by atoms with van der Waals surface area (Å²) in [6.07, 6.45) is 5.96. The van der Waals surface area contributed by atoms with Crippen molar-refractivity contribution >= 4 is 29.0 Å². The van der Waals surface area contributed by atoms with E-state index in [-0.39, 0.29) is 11.2 Å². The first-order chi connectivity index (χ1) is 14.2. The van der Waals surface area contributed by atoms with Crippen LogP contribution in [0.2, 0.25) is 0 Å². The average molecular weight is 417 g/mol. The molecule has 4 rings (SSSR count). The van der Waals surface area contributed by atoms with Crippen molar-refractivity contribution in [2.24, 2.45) is 0 Å². The number of hydrogen-bond acceptors (Lipinski definition) is 7. The van der Waals surface area contributed by atoms with E-state index >= 15 is 0 Å². The number of carbonyl (C=O) groups excluding carboxylic acids is 1. The number of amides is 1. The van der Waals surface area contributed by atoms with Gasteiger partial charge in [0.25, 0.3) is 5.22 Å². The maximum Gasteiger partial charge on any atom is 0.277 e. The molecule has 1 aliphatic carbocycles. The van der Waals surface area contributed by atoms with Crippen LogP contribution in [-0.2, 0) is 9.53 Å². The lowest BCUT2D eigenvalue weighted by molar-refractivity contribution is -0.115. The second kappa shape index (κ2) is 9.63. The number of thioether (sulfide) groups is 1. The molecule has 2 aromatic rings. The molecule has 1 atom stereocenters. The van der Waals surface area contributed by atoms with Crippen molar-refractivity contribution in [2.75, 3.05) is 36.5 Å². The number of benzene rings is 1. The Kier molecular flexibility index (Phi) is 6.71. The van der Waals surface area contributed by atoms with Gasteiger partial charge < -0.3 is 19.4 Å². The lowest BCUT2D eigenvalue weighted by atomic mass is 9.89. The van der Waals surface area contributed by atoms with Crippen LogP contribution in [0, 0.1) is 0 Å². The second-order valence-corrected chi connectivity index (χ2v) is 8.93. The van der Waals surface area contributed by atoms with Crippen molar-refractivity contribution < 1.29 is 13.9 Å². The molecule has 1 saturated carbocycles. The molecule has 29 heavy (non-hydrogen) atoms. The number of nitrogens with one attached hydrogen (secondary N) is 1. The number of aromatic nitrogens is 2. The van der Waals surface area contributed by atoms with E-state index in [0.717, 1.165) is 56.4 Å². The van der Waals surface area contributed by atoms with Crippen LogP contribution in [0.5, 0.6) is 0 Å². The quantitative estimate of drug-likeness (QED) is 0.711. The monoisotopic (exact) mass is 416 g/mol. The Labute approximate surface area is 175 Å². The van der Waals surface area contributed by atoms with Crippen LogP contribution < -0.4 is 10.2 Å². The van der Waals surface area contributed by atoms with Gasteiger partial charge in [0.15, 0.2) is 0 Å². The van der Waals surface area contributed by atoms with E-state index < -0.39 is 0 Å². The minimum Gasteiger partial charge on any atom is -0.416 e. The topological polar surface area (TPSA) is 80.5 Å². The Morgan fingerprint density at radius 1 is 1.14 bits per heavy atom. The molecule has 0 radical (unpaired) electrons. The average Bonchev–Trinajstić information content (AvgIpc) is 3.24. The van der Waals surface area contributed by atoms with Gasteiger partial charge in [-0.25, -0.2) is 0 Å². The van der Waals surface area contributed by atoms with Crippen molar-refractivity contribution in [1.29, 1.82) is 0 Å². The third-order valence-electron chi connectivity index (χ3n) is 5.53. The van der Waals surface area contributed by atoms with Gasteiger partial charge in [-0.1, -0.05) is 31.0 Å². The smallest absolute Gasteiger partial charge is 0.277 e. The van der Waals surface area contributed by atoms with E-state index in [0.29, 0.717) is 11.1 Å². The molecular weight excluding hydrogens is 388 g/mol. The number of rotatable bonds is 6. The third-order valence-corrected chi connectivity index (χ3v) is 6.47. The zero-order valence-electron chi connectivity index (χ0n) is 16.8. The molecule has 2 aliphatic rings. The molecule has 1 aromatic heterocycles. The molecule has 0 spiro atoms. The maximum atomic E-state index is 12.6. The predicted molar refractivity (Wildman–Crippen MR) is 114 cm³/mol. The van der Waals surface area contributed by atoms with Crippen LogP contribution in [0.4, 0.5) is 11.4 Å². The van der Waals surface area contributed by atoms with Crippen LogP contribution >= 0.6 is 11.8 Å². The molecular formula is C21H28N4O3S. The largest absolute Gasteiger partial charge is 0.416 e. The summed E-state index contributed by atoms with van der Waals surface area (Å²) in [7, 11) is 0. The number of morpholine rings is 1. The highest BCUT2D eigenvalue weighted by atomic mass is 32.2. The molecule has 1 amide bonds. The van der Waals surface area contributed by atoms with Crippen molar-refractivity contribution in [3.8, 4) is 0 Å². The minimum atomic E-state index is -0.325. The molecule has 7 nitrogen and oxygen atoms in total. The molecule has 8 heteroatoms. The van der Waals surface area contributed by atoms with E-state index in [1.807, 2.05) is 31.2 Å². The summed E-state index contributed by atoms with van der Waals surface area (Å²) >= 11 is 1.31. The fourth-order valence-electron chi connectivity index (χ4n) is 3.81. The Morgan fingerprint density at radius 3 is 2.59 bits per heavy atom. The molecule has 0 unspecified atom stereocenters. The number of anilines is 2. The van der Waals surface area contributed by atoms with Gasteiger partial charge in [-0.05, 0) is 44.0 Å². The van der Waals surface area contributed by atoms with Crippen molar-refractivity contribution in [3.05, 3.63) is 30.2 Å².